The number of hydrogen-bond acceptors (Lipinski definition) is 3. The lowest BCUT2D eigenvalue weighted by molar-refractivity contribution is 0.0451. The Balaban J connectivity index is 2.07. The van der Waals surface area contributed by atoms with Crippen LogP contribution in [-0.2, 0) is 4.74 Å². The molecule has 5 nitrogen and oxygen atoms in total. The van der Waals surface area contributed by atoms with Gasteiger partial charge in [0.1, 0.15) is 11.4 Å². The second-order valence-corrected chi connectivity index (χ2v) is 8.12. The molecule has 0 radical (unpaired) electrons. The molecule has 1 heterocycles. The third-order valence-corrected chi connectivity index (χ3v) is 4.85. The zero-order chi connectivity index (χ0) is 18.8. The number of nitrogens with one attached hydrogen (secondary N) is 1. The van der Waals surface area contributed by atoms with Crippen LogP contribution in [0.4, 0.5) is 9.18 Å². The molecule has 1 aliphatic heterocycles. The van der Waals surface area contributed by atoms with Crippen molar-refractivity contribution in [1.29, 1.82) is 0 Å². The third kappa shape index (κ3) is 5.17. The van der Waals surface area contributed by atoms with Gasteiger partial charge in [0.25, 0.3) is 5.91 Å². The number of halogens is 2. The predicted octanol–water partition coefficient (Wildman–Crippen LogP) is 4.03. The molecule has 138 valence electrons. The van der Waals surface area contributed by atoms with Crippen LogP contribution in [0.15, 0.2) is 16.6 Å². The molecule has 1 N–H and O–H groups in total. The Morgan fingerprint density at radius 3 is 2.68 bits per heavy atom. The smallest absolute Gasteiger partial charge is 0.407 e. The second-order valence-electron chi connectivity index (χ2n) is 7.27. The van der Waals surface area contributed by atoms with E-state index in [4.69, 9.17) is 4.74 Å². The van der Waals surface area contributed by atoms with Gasteiger partial charge in [0.05, 0.1) is 5.56 Å². The van der Waals surface area contributed by atoms with Crippen molar-refractivity contribution in [2.24, 2.45) is 0 Å². The second kappa shape index (κ2) is 7.72. The van der Waals surface area contributed by atoms with E-state index in [1.165, 1.54) is 6.07 Å². The maximum absolute atomic E-state index is 14.2. The maximum Gasteiger partial charge on any atom is 0.407 e. The fraction of sp³-hybridized carbons (Fsp3) is 0.556. The van der Waals surface area contributed by atoms with Crippen LogP contribution >= 0.6 is 15.9 Å². The van der Waals surface area contributed by atoms with Gasteiger partial charge in [0.2, 0.25) is 0 Å². The Kier molecular flexibility index (Phi) is 6.08. The van der Waals surface area contributed by atoms with E-state index in [1.807, 2.05) is 0 Å². The summed E-state index contributed by atoms with van der Waals surface area (Å²) in [7, 11) is 0. The van der Waals surface area contributed by atoms with Crippen LogP contribution in [0.25, 0.3) is 0 Å². The van der Waals surface area contributed by atoms with E-state index in [0.29, 0.717) is 23.1 Å². The van der Waals surface area contributed by atoms with Crippen LogP contribution in [0.1, 0.15) is 49.5 Å². The third-order valence-electron chi connectivity index (χ3n) is 3.99. The minimum atomic E-state index is -0.579. The largest absolute Gasteiger partial charge is 0.444 e. The molecule has 2 rings (SSSR count). The molecule has 1 unspecified atom stereocenters. The van der Waals surface area contributed by atoms with Crippen LogP contribution in [0, 0.1) is 12.7 Å². The Hall–Kier alpha value is -1.63. The van der Waals surface area contributed by atoms with Crippen molar-refractivity contribution in [2.75, 3.05) is 13.1 Å². The number of ether oxygens (including phenoxy) is 1. The molecule has 1 aromatic carbocycles. The topological polar surface area (TPSA) is 58.6 Å². The highest BCUT2D eigenvalue weighted by Crippen LogP contribution is 2.25. The lowest BCUT2D eigenvalue weighted by atomic mass is 10.0. The first kappa shape index (κ1) is 19.7. The highest BCUT2D eigenvalue weighted by Gasteiger charge is 2.29. The van der Waals surface area contributed by atoms with E-state index in [0.717, 1.165) is 12.8 Å². The molecular formula is C18H24BrFN2O3. The van der Waals surface area contributed by atoms with Gasteiger partial charge in [0, 0.05) is 23.6 Å². The van der Waals surface area contributed by atoms with E-state index < -0.39 is 17.5 Å². The number of rotatable bonds is 2. The summed E-state index contributed by atoms with van der Waals surface area (Å²) >= 11 is 3.33. The summed E-state index contributed by atoms with van der Waals surface area (Å²) in [6.07, 6.45) is 0.987. The summed E-state index contributed by atoms with van der Waals surface area (Å²) in [5, 5.41) is 2.79. The van der Waals surface area contributed by atoms with Crippen LogP contribution < -0.4 is 5.32 Å². The molecule has 1 fully saturated rings. The van der Waals surface area contributed by atoms with Crippen LogP contribution in [-0.4, -0.2) is 41.6 Å². The molecule has 0 spiro atoms. The molecule has 0 aromatic heterocycles. The maximum atomic E-state index is 14.2. The molecule has 0 saturated carbocycles. The summed E-state index contributed by atoms with van der Waals surface area (Å²) in [5.74, 6) is -0.889. The van der Waals surface area contributed by atoms with Crippen molar-refractivity contribution >= 4 is 27.9 Å². The number of amides is 2. The quantitative estimate of drug-likeness (QED) is 0.794. The van der Waals surface area contributed by atoms with Crippen LogP contribution in [0.3, 0.4) is 0 Å². The van der Waals surface area contributed by atoms with Crippen molar-refractivity contribution in [3.8, 4) is 0 Å². The molecule has 25 heavy (non-hydrogen) atoms. The molecule has 2 amide bonds. The van der Waals surface area contributed by atoms with E-state index >= 15 is 0 Å². The fourth-order valence-electron chi connectivity index (χ4n) is 2.83. The Labute approximate surface area is 156 Å². The van der Waals surface area contributed by atoms with Gasteiger partial charge in [-0.15, -0.1) is 0 Å². The number of carbonyl (C=O) groups excluding carboxylic acids is 2. The molecule has 1 saturated heterocycles. The number of piperidine rings is 1. The average molecular weight is 415 g/mol. The van der Waals surface area contributed by atoms with Crippen LogP contribution in [0.5, 0.6) is 0 Å². The van der Waals surface area contributed by atoms with Gasteiger partial charge in [-0.25, -0.2) is 9.18 Å². The van der Waals surface area contributed by atoms with Crippen LogP contribution in [0.2, 0.25) is 0 Å². The van der Waals surface area contributed by atoms with E-state index in [-0.39, 0.29) is 17.5 Å². The molecule has 0 aliphatic carbocycles. The number of nitrogens with zero attached hydrogens (tertiary/aromatic N) is 1. The van der Waals surface area contributed by atoms with Gasteiger partial charge in [-0.1, -0.05) is 15.9 Å². The van der Waals surface area contributed by atoms with Gasteiger partial charge < -0.3 is 15.0 Å². The predicted molar refractivity (Wildman–Crippen MR) is 97.1 cm³/mol. The van der Waals surface area contributed by atoms with E-state index in [2.05, 4.69) is 21.2 Å². The summed E-state index contributed by atoms with van der Waals surface area (Å²) in [6, 6.07) is 2.66. The Morgan fingerprint density at radius 2 is 2.04 bits per heavy atom. The zero-order valence-corrected chi connectivity index (χ0v) is 16.6. The molecule has 1 atom stereocenters. The van der Waals surface area contributed by atoms with Crippen molar-refractivity contribution in [3.63, 3.8) is 0 Å². The van der Waals surface area contributed by atoms with Crippen molar-refractivity contribution in [1.82, 2.24) is 10.2 Å². The summed E-state index contributed by atoms with van der Waals surface area (Å²) in [6.45, 7) is 7.97. The standard InChI is InChI=1S/C18H24BrFN2O3/c1-11-13(19)7-8-14(20)15(11)16(23)22-9-5-6-12(10-22)21-17(24)25-18(2,3)4/h7-8,12H,5-6,9-10H2,1-4H3,(H,21,24). The molecular weight excluding hydrogens is 391 g/mol. The zero-order valence-electron chi connectivity index (χ0n) is 15.0. The first-order chi connectivity index (χ1) is 11.6. The summed E-state index contributed by atoms with van der Waals surface area (Å²) < 4.78 is 20.1. The highest BCUT2D eigenvalue weighted by molar-refractivity contribution is 9.10. The number of alkyl carbamates (subject to hydrolysis) is 1. The van der Waals surface area contributed by atoms with Crippen molar-refractivity contribution in [2.45, 2.75) is 52.2 Å². The molecule has 1 aliphatic rings. The SMILES string of the molecule is Cc1c(Br)ccc(F)c1C(=O)N1CCCC(NC(=O)OC(C)(C)C)C1. The highest BCUT2D eigenvalue weighted by atomic mass is 79.9. The monoisotopic (exact) mass is 414 g/mol. The minimum absolute atomic E-state index is 0.0762. The number of hydrogen-bond donors (Lipinski definition) is 1. The minimum Gasteiger partial charge on any atom is -0.444 e. The lowest BCUT2D eigenvalue weighted by Gasteiger charge is -2.34. The Bertz CT molecular complexity index is 673. The molecule has 0 bridgehead atoms. The average Bonchev–Trinajstić information content (AvgIpc) is 2.49. The van der Waals surface area contributed by atoms with Gasteiger partial charge in [-0.05, 0) is 58.2 Å². The summed E-state index contributed by atoms with van der Waals surface area (Å²) in [5.41, 5.74) is 0.0738. The van der Waals surface area contributed by atoms with E-state index in [9.17, 15) is 14.0 Å². The molecule has 7 heteroatoms. The first-order valence-electron chi connectivity index (χ1n) is 8.32. The number of likely N-dealkylation sites (tertiary alicyclic amines) is 1. The number of carbonyl (C=O) groups is 2. The van der Waals surface area contributed by atoms with Gasteiger partial charge in [0.15, 0.2) is 0 Å². The first-order valence-corrected chi connectivity index (χ1v) is 9.11. The summed E-state index contributed by atoms with van der Waals surface area (Å²) in [4.78, 5) is 26.3. The number of benzene rings is 1. The van der Waals surface area contributed by atoms with Gasteiger partial charge in [-0.3, -0.25) is 4.79 Å². The Morgan fingerprint density at radius 1 is 1.36 bits per heavy atom. The van der Waals surface area contributed by atoms with E-state index in [1.54, 1.807) is 38.7 Å². The molecule has 1 aromatic rings. The van der Waals surface area contributed by atoms with Crippen molar-refractivity contribution < 1.29 is 18.7 Å². The van der Waals surface area contributed by atoms with Gasteiger partial charge >= 0.3 is 6.09 Å². The normalized spacial score (nSPS) is 18.0. The fourth-order valence-corrected chi connectivity index (χ4v) is 3.16. The lowest BCUT2D eigenvalue weighted by Crippen LogP contribution is -2.50. The van der Waals surface area contributed by atoms with Crippen molar-refractivity contribution in [3.05, 3.63) is 33.5 Å². The van der Waals surface area contributed by atoms with Gasteiger partial charge in [-0.2, -0.15) is 0 Å².